The highest BCUT2D eigenvalue weighted by Gasteiger charge is 2.04. The third-order valence-electron chi connectivity index (χ3n) is 2.75. The number of hydrogen-bond acceptors (Lipinski definition) is 5. The Kier molecular flexibility index (Phi) is 5.49. The van der Waals surface area contributed by atoms with Gasteiger partial charge in [0.05, 0.1) is 17.4 Å². The quantitative estimate of drug-likeness (QED) is 0.792. The fraction of sp³-hybridized carbons (Fsp3) is 0.357. The first-order chi connectivity index (χ1) is 9.75. The van der Waals surface area contributed by atoms with Crippen molar-refractivity contribution in [2.45, 2.75) is 19.8 Å². The molecule has 2 aromatic heterocycles. The molecule has 0 fully saturated rings. The van der Waals surface area contributed by atoms with Crippen molar-refractivity contribution in [3.63, 3.8) is 0 Å². The lowest BCUT2D eigenvalue weighted by atomic mass is 10.2. The molecule has 6 heteroatoms. The molecule has 0 aliphatic heterocycles. The van der Waals surface area contributed by atoms with E-state index < -0.39 is 0 Å². The minimum atomic E-state index is -0.116. The van der Waals surface area contributed by atoms with Crippen LogP contribution in [0.5, 0.6) is 5.75 Å². The van der Waals surface area contributed by atoms with Crippen LogP contribution >= 0.6 is 11.3 Å². The molecule has 0 aromatic carbocycles. The van der Waals surface area contributed by atoms with Gasteiger partial charge in [0, 0.05) is 17.6 Å². The molecule has 0 aliphatic rings. The number of ether oxygens (including phenoxy) is 1. The summed E-state index contributed by atoms with van der Waals surface area (Å²) >= 11 is 1.66. The number of amides is 1. The first kappa shape index (κ1) is 14.5. The summed E-state index contributed by atoms with van der Waals surface area (Å²) < 4.78 is 5.31. The van der Waals surface area contributed by atoms with E-state index in [0.29, 0.717) is 12.3 Å². The van der Waals surface area contributed by atoms with Crippen LogP contribution in [0.1, 0.15) is 17.0 Å². The molecule has 0 spiro atoms. The number of carbonyl (C=O) groups excluding carboxylic acids is 1. The first-order valence-corrected chi connectivity index (χ1v) is 7.32. The van der Waals surface area contributed by atoms with Gasteiger partial charge in [-0.05, 0) is 31.9 Å². The number of pyridine rings is 1. The molecule has 0 aliphatic carbocycles. The van der Waals surface area contributed by atoms with Crippen LogP contribution in [0.25, 0.3) is 0 Å². The molecule has 0 bridgehead atoms. The Bertz CT molecular complexity index is 542. The molecule has 0 atom stereocenters. The monoisotopic (exact) mass is 291 g/mol. The van der Waals surface area contributed by atoms with Gasteiger partial charge in [0.1, 0.15) is 5.75 Å². The molecule has 2 heterocycles. The van der Waals surface area contributed by atoms with Crippen molar-refractivity contribution >= 4 is 17.2 Å². The van der Waals surface area contributed by atoms with E-state index in [1.165, 1.54) is 4.88 Å². The fourth-order valence-electron chi connectivity index (χ4n) is 1.68. The maximum Gasteiger partial charge on any atom is 0.257 e. The zero-order chi connectivity index (χ0) is 14.2. The van der Waals surface area contributed by atoms with E-state index in [0.717, 1.165) is 18.5 Å². The van der Waals surface area contributed by atoms with E-state index in [4.69, 9.17) is 4.74 Å². The second kappa shape index (κ2) is 7.59. The van der Waals surface area contributed by atoms with E-state index in [-0.39, 0.29) is 12.5 Å². The Hall–Kier alpha value is -1.95. The largest absolute Gasteiger partial charge is 0.482 e. The molecule has 1 N–H and O–H groups in total. The van der Waals surface area contributed by atoms with Gasteiger partial charge in [-0.25, -0.2) is 4.98 Å². The van der Waals surface area contributed by atoms with Crippen molar-refractivity contribution < 1.29 is 9.53 Å². The van der Waals surface area contributed by atoms with Crippen molar-refractivity contribution in [3.05, 3.63) is 40.6 Å². The minimum absolute atomic E-state index is 0.0191. The number of aryl methyl sites for hydroxylation is 2. The van der Waals surface area contributed by atoms with Crippen LogP contribution in [0, 0.1) is 6.92 Å². The summed E-state index contributed by atoms with van der Waals surface area (Å²) in [7, 11) is 0. The highest BCUT2D eigenvalue weighted by atomic mass is 32.1. The number of rotatable bonds is 7. The molecule has 0 saturated heterocycles. The van der Waals surface area contributed by atoms with E-state index in [1.54, 1.807) is 35.9 Å². The lowest BCUT2D eigenvalue weighted by molar-refractivity contribution is -0.123. The zero-order valence-electron chi connectivity index (χ0n) is 11.3. The number of nitrogens with one attached hydrogen (secondary N) is 1. The average molecular weight is 291 g/mol. The summed E-state index contributed by atoms with van der Waals surface area (Å²) in [5, 5.41) is 2.83. The van der Waals surface area contributed by atoms with Crippen molar-refractivity contribution in [2.75, 3.05) is 13.2 Å². The Labute approximate surface area is 122 Å². The number of thiazole rings is 1. The summed E-state index contributed by atoms with van der Waals surface area (Å²) in [6.07, 6.45) is 5.09. The summed E-state index contributed by atoms with van der Waals surface area (Å²) in [5.41, 5.74) is 2.94. The Balaban J connectivity index is 1.60. The summed E-state index contributed by atoms with van der Waals surface area (Å²) in [6, 6.07) is 3.54. The van der Waals surface area contributed by atoms with Gasteiger partial charge in [-0.2, -0.15) is 0 Å². The zero-order valence-corrected chi connectivity index (χ0v) is 12.2. The molecule has 0 radical (unpaired) electrons. The van der Waals surface area contributed by atoms with Crippen LogP contribution in [0.15, 0.2) is 30.0 Å². The van der Waals surface area contributed by atoms with Crippen molar-refractivity contribution in [2.24, 2.45) is 0 Å². The predicted molar refractivity (Wildman–Crippen MR) is 77.9 cm³/mol. The second-order valence-corrected chi connectivity index (χ2v) is 5.23. The van der Waals surface area contributed by atoms with Crippen LogP contribution in [0.4, 0.5) is 0 Å². The summed E-state index contributed by atoms with van der Waals surface area (Å²) in [4.78, 5) is 21.0. The van der Waals surface area contributed by atoms with Gasteiger partial charge in [0.2, 0.25) is 0 Å². The lowest BCUT2D eigenvalue weighted by Crippen LogP contribution is -2.29. The van der Waals surface area contributed by atoms with E-state index in [1.807, 2.05) is 12.4 Å². The number of carbonyl (C=O) groups is 1. The lowest BCUT2D eigenvalue weighted by Gasteiger charge is -2.06. The van der Waals surface area contributed by atoms with Crippen LogP contribution in [-0.2, 0) is 11.2 Å². The summed E-state index contributed by atoms with van der Waals surface area (Å²) in [5.74, 6) is 0.484. The van der Waals surface area contributed by atoms with E-state index in [2.05, 4.69) is 15.3 Å². The Morgan fingerprint density at radius 3 is 3.10 bits per heavy atom. The van der Waals surface area contributed by atoms with Gasteiger partial charge in [0.25, 0.3) is 5.91 Å². The molecule has 1 amide bonds. The molecular formula is C14H17N3O2S. The van der Waals surface area contributed by atoms with E-state index in [9.17, 15) is 4.79 Å². The van der Waals surface area contributed by atoms with Crippen molar-refractivity contribution in [3.8, 4) is 5.75 Å². The van der Waals surface area contributed by atoms with Gasteiger partial charge >= 0.3 is 0 Å². The van der Waals surface area contributed by atoms with Crippen LogP contribution in [-0.4, -0.2) is 29.0 Å². The van der Waals surface area contributed by atoms with Gasteiger partial charge in [-0.3, -0.25) is 9.78 Å². The number of hydrogen-bond donors (Lipinski definition) is 1. The maximum atomic E-state index is 11.6. The molecule has 20 heavy (non-hydrogen) atoms. The van der Waals surface area contributed by atoms with Crippen LogP contribution < -0.4 is 10.1 Å². The number of nitrogens with zero attached hydrogens (tertiary/aromatic N) is 2. The highest BCUT2D eigenvalue weighted by molar-refractivity contribution is 7.09. The van der Waals surface area contributed by atoms with Gasteiger partial charge < -0.3 is 10.1 Å². The van der Waals surface area contributed by atoms with Crippen molar-refractivity contribution in [1.29, 1.82) is 0 Å². The van der Waals surface area contributed by atoms with E-state index >= 15 is 0 Å². The summed E-state index contributed by atoms with van der Waals surface area (Å²) in [6.45, 7) is 2.67. The Morgan fingerprint density at radius 1 is 1.50 bits per heavy atom. The molecule has 2 aromatic rings. The van der Waals surface area contributed by atoms with Gasteiger partial charge in [0.15, 0.2) is 6.61 Å². The van der Waals surface area contributed by atoms with Gasteiger partial charge in [-0.15, -0.1) is 11.3 Å². The van der Waals surface area contributed by atoms with Gasteiger partial charge in [-0.1, -0.05) is 0 Å². The van der Waals surface area contributed by atoms with Crippen LogP contribution in [0.3, 0.4) is 0 Å². The molecule has 2 rings (SSSR count). The smallest absolute Gasteiger partial charge is 0.257 e. The van der Waals surface area contributed by atoms with Crippen LogP contribution in [0.2, 0.25) is 0 Å². The first-order valence-electron chi connectivity index (χ1n) is 6.44. The predicted octanol–water partition coefficient (Wildman–Crippen LogP) is 1.97. The fourth-order valence-corrected chi connectivity index (χ4v) is 2.50. The second-order valence-electron chi connectivity index (χ2n) is 4.29. The third kappa shape index (κ3) is 4.62. The molecule has 106 valence electrons. The standard InChI is InChI=1S/C14H17N3O2S/c1-11-13(20-10-17-11)5-3-7-16-14(18)9-19-12-4-2-6-15-8-12/h2,4,6,8,10H,3,5,7,9H2,1H3,(H,16,18). The molecule has 5 nitrogen and oxygen atoms in total. The minimum Gasteiger partial charge on any atom is -0.482 e. The Morgan fingerprint density at radius 2 is 2.40 bits per heavy atom. The normalized spacial score (nSPS) is 10.2. The molecule has 0 unspecified atom stereocenters. The number of aromatic nitrogens is 2. The molecule has 0 saturated carbocycles. The topological polar surface area (TPSA) is 64.1 Å². The highest BCUT2D eigenvalue weighted by Crippen LogP contribution is 2.13. The maximum absolute atomic E-state index is 11.6. The molecular weight excluding hydrogens is 274 g/mol. The SMILES string of the molecule is Cc1ncsc1CCCNC(=O)COc1cccnc1. The third-order valence-corrected chi connectivity index (χ3v) is 3.75. The van der Waals surface area contributed by atoms with Crippen molar-refractivity contribution in [1.82, 2.24) is 15.3 Å². The average Bonchev–Trinajstić information content (AvgIpc) is 2.88.